The maximum absolute atomic E-state index is 13.3. The highest BCUT2D eigenvalue weighted by atomic mass is 35.5. The highest BCUT2D eigenvalue weighted by molar-refractivity contribution is 6.34. The summed E-state index contributed by atoms with van der Waals surface area (Å²) < 4.78 is 0. The van der Waals surface area contributed by atoms with Gasteiger partial charge in [0.25, 0.3) is 5.91 Å². The van der Waals surface area contributed by atoms with Crippen LogP contribution in [0.4, 0.5) is 5.69 Å². The lowest BCUT2D eigenvalue weighted by Crippen LogP contribution is -2.28. The number of anilines is 1. The van der Waals surface area contributed by atoms with E-state index in [0.29, 0.717) is 34.9 Å². The molecule has 2 N–H and O–H groups in total. The van der Waals surface area contributed by atoms with Gasteiger partial charge in [-0.15, -0.1) is 0 Å². The van der Waals surface area contributed by atoms with Crippen molar-refractivity contribution in [2.75, 3.05) is 32.6 Å². The Morgan fingerprint density at radius 1 is 1.09 bits per heavy atom. The molecule has 0 aromatic heterocycles. The lowest BCUT2D eigenvalue weighted by Gasteiger charge is -2.22. The molecule has 2 aromatic carbocycles. The van der Waals surface area contributed by atoms with Gasteiger partial charge in [-0.1, -0.05) is 23.7 Å². The fourth-order valence-corrected chi connectivity index (χ4v) is 4.13. The summed E-state index contributed by atoms with van der Waals surface area (Å²) in [4.78, 5) is 31.0. The zero-order valence-electron chi connectivity index (χ0n) is 18.9. The molecule has 0 saturated carbocycles. The van der Waals surface area contributed by atoms with Crippen LogP contribution in [0.1, 0.15) is 32.6 Å². The van der Waals surface area contributed by atoms with Crippen molar-refractivity contribution >= 4 is 29.1 Å². The first-order valence-electron chi connectivity index (χ1n) is 10.2. The Bertz CT molecular complexity index is 1110. The second kappa shape index (κ2) is 9.22. The monoisotopic (exact) mass is 457 g/mol. The summed E-state index contributed by atoms with van der Waals surface area (Å²) in [7, 11) is 5.49. The molecule has 0 aliphatic carbocycles. The van der Waals surface area contributed by atoms with E-state index in [1.165, 1.54) is 17.0 Å². The third-order valence-corrected chi connectivity index (χ3v) is 6.10. The van der Waals surface area contributed by atoms with Crippen LogP contribution >= 0.6 is 11.6 Å². The van der Waals surface area contributed by atoms with Gasteiger partial charge >= 0.3 is 0 Å². The van der Waals surface area contributed by atoms with Gasteiger partial charge in [0.15, 0.2) is 0 Å². The van der Waals surface area contributed by atoms with E-state index >= 15 is 0 Å². The van der Waals surface area contributed by atoms with E-state index in [0.717, 1.165) is 11.1 Å². The molecule has 1 aliphatic heterocycles. The zero-order chi connectivity index (χ0) is 23.7. The fraction of sp³-hybridized carbons (Fsp3) is 0.333. The minimum Gasteiger partial charge on any atom is -0.508 e. The molecule has 0 atom stereocenters. The quantitative estimate of drug-likeness (QED) is 0.670. The SMILES string of the molecule is Cc1c(O)cc(O)c(C(=O)N2Cc3ccc(Cl)c(N(C)C(=O)/C=C/CN(C)C)c3C2)c1C. The number of carbonyl (C=O) groups excluding carboxylic acids is 2. The van der Waals surface area contributed by atoms with Crippen LogP contribution < -0.4 is 4.90 Å². The summed E-state index contributed by atoms with van der Waals surface area (Å²) in [5, 5.41) is 20.7. The fourth-order valence-electron chi connectivity index (χ4n) is 3.83. The normalized spacial score (nSPS) is 13.2. The summed E-state index contributed by atoms with van der Waals surface area (Å²) >= 11 is 6.47. The number of nitrogens with zero attached hydrogens (tertiary/aromatic N) is 3. The second-order valence-corrected chi connectivity index (χ2v) is 8.70. The lowest BCUT2D eigenvalue weighted by atomic mass is 10.00. The number of amides is 2. The van der Waals surface area contributed by atoms with Gasteiger partial charge in [0, 0.05) is 44.4 Å². The molecule has 2 amide bonds. The number of halogens is 1. The lowest BCUT2D eigenvalue weighted by molar-refractivity contribution is -0.113. The van der Waals surface area contributed by atoms with E-state index < -0.39 is 0 Å². The molecule has 7 nitrogen and oxygen atoms in total. The van der Waals surface area contributed by atoms with Crippen LogP contribution in [0, 0.1) is 13.8 Å². The van der Waals surface area contributed by atoms with Gasteiger partial charge in [0.05, 0.1) is 16.3 Å². The van der Waals surface area contributed by atoms with Crippen LogP contribution in [0.25, 0.3) is 0 Å². The number of fused-ring (bicyclic) bond motifs is 1. The summed E-state index contributed by atoms with van der Waals surface area (Å²) in [6.45, 7) is 4.61. The minimum atomic E-state index is -0.346. The van der Waals surface area contributed by atoms with E-state index in [1.807, 2.05) is 25.1 Å². The van der Waals surface area contributed by atoms with Crippen LogP contribution in [-0.2, 0) is 17.9 Å². The number of rotatable bonds is 5. The van der Waals surface area contributed by atoms with E-state index in [-0.39, 0.29) is 35.4 Å². The van der Waals surface area contributed by atoms with Gasteiger partial charge < -0.3 is 24.9 Å². The third-order valence-electron chi connectivity index (χ3n) is 5.79. The average molecular weight is 458 g/mol. The first kappa shape index (κ1) is 23.6. The van der Waals surface area contributed by atoms with Crippen molar-refractivity contribution in [1.82, 2.24) is 9.80 Å². The van der Waals surface area contributed by atoms with Crippen LogP contribution in [-0.4, -0.2) is 59.5 Å². The number of hydrogen-bond donors (Lipinski definition) is 2. The van der Waals surface area contributed by atoms with Crippen LogP contribution in [0.15, 0.2) is 30.4 Å². The number of carbonyl (C=O) groups is 2. The van der Waals surface area contributed by atoms with Gasteiger partial charge in [-0.3, -0.25) is 9.59 Å². The van der Waals surface area contributed by atoms with Gasteiger partial charge in [-0.25, -0.2) is 0 Å². The molecule has 0 bridgehead atoms. The highest BCUT2D eigenvalue weighted by Gasteiger charge is 2.31. The molecule has 8 heteroatoms. The van der Waals surface area contributed by atoms with Crippen molar-refractivity contribution < 1.29 is 19.8 Å². The smallest absolute Gasteiger partial charge is 0.258 e. The number of hydrogen-bond acceptors (Lipinski definition) is 5. The molecule has 1 heterocycles. The van der Waals surface area contributed by atoms with Crippen molar-refractivity contribution in [2.24, 2.45) is 0 Å². The Morgan fingerprint density at radius 2 is 1.78 bits per heavy atom. The molecule has 3 rings (SSSR count). The van der Waals surface area contributed by atoms with E-state index in [9.17, 15) is 19.8 Å². The maximum Gasteiger partial charge on any atom is 0.258 e. The Labute approximate surface area is 193 Å². The summed E-state index contributed by atoms with van der Waals surface area (Å²) in [6.07, 6.45) is 3.29. The average Bonchev–Trinajstić information content (AvgIpc) is 3.15. The molecule has 32 heavy (non-hydrogen) atoms. The molecule has 0 spiro atoms. The number of benzene rings is 2. The Morgan fingerprint density at radius 3 is 2.44 bits per heavy atom. The topological polar surface area (TPSA) is 84.3 Å². The van der Waals surface area contributed by atoms with Crippen LogP contribution in [0.5, 0.6) is 11.5 Å². The van der Waals surface area contributed by atoms with E-state index in [1.54, 1.807) is 37.9 Å². The molecular formula is C24H28ClN3O4. The van der Waals surface area contributed by atoms with Crippen molar-refractivity contribution in [3.63, 3.8) is 0 Å². The Hall–Kier alpha value is -3.03. The number of aromatic hydroxyl groups is 2. The van der Waals surface area contributed by atoms with Crippen LogP contribution in [0.3, 0.4) is 0 Å². The third kappa shape index (κ3) is 4.45. The molecule has 0 radical (unpaired) electrons. The highest BCUT2D eigenvalue weighted by Crippen LogP contribution is 2.39. The standard InChI is InChI=1S/C24H28ClN3O4/c1-14-15(2)22(20(30)11-19(14)29)24(32)28-12-16-8-9-18(25)23(17(16)13-28)27(5)21(31)7-6-10-26(3)4/h6-9,11,29-30H,10,12-13H2,1-5H3/b7-6+. The molecule has 2 aromatic rings. The Kier molecular flexibility index (Phi) is 6.81. The summed E-state index contributed by atoms with van der Waals surface area (Å²) in [5.41, 5.74) is 3.50. The number of likely N-dealkylation sites (N-methyl/N-ethyl adjacent to an activating group) is 2. The van der Waals surface area contributed by atoms with E-state index in [2.05, 4.69) is 0 Å². The van der Waals surface area contributed by atoms with Gasteiger partial charge in [0.1, 0.15) is 11.5 Å². The summed E-state index contributed by atoms with van der Waals surface area (Å²) in [5.74, 6) is -0.878. The van der Waals surface area contributed by atoms with Crippen molar-refractivity contribution in [1.29, 1.82) is 0 Å². The molecule has 0 fully saturated rings. The molecular weight excluding hydrogens is 430 g/mol. The molecule has 0 unspecified atom stereocenters. The molecule has 0 saturated heterocycles. The number of phenols is 2. The largest absolute Gasteiger partial charge is 0.508 e. The van der Waals surface area contributed by atoms with Gasteiger partial charge in [-0.05, 0) is 50.7 Å². The number of phenolic OH excluding ortho intramolecular Hbond substituents is 2. The molecule has 170 valence electrons. The second-order valence-electron chi connectivity index (χ2n) is 8.30. The first-order chi connectivity index (χ1) is 15.0. The van der Waals surface area contributed by atoms with Crippen LogP contribution in [0.2, 0.25) is 5.02 Å². The molecule has 1 aliphatic rings. The Balaban J connectivity index is 1.91. The summed E-state index contributed by atoms with van der Waals surface area (Å²) in [6, 6.07) is 4.77. The first-order valence-corrected chi connectivity index (χ1v) is 10.6. The van der Waals surface area contributed by atoms with Crippen molar-refractivity contribution in [2.45, 2.75) is 26.9 Å². The van der Waals surface area contributed by atoms with Gasteiger partial charge in [-0.2, -0.15) is 0 Å². The van der Waals surface area contributed by atoms with E-state index in [4.69, 9.17) is 11.6 Å². The van der Waals surface area contributed by atoms with Crippen molar-refractivity contribution in [3.8, 4) is 11.5 Å². The predicted molar refractivity (Wildman–Crippen MR) is 125 cm³/mol. The predicted octanol–water partition coefficient (Wildman–Crippen LogP) is 3.60. The minimum absolute atomic E-state index is 0.0576. The van der Waals surface area contributed by atoms with Gasteiger partial charge in [0.2, 0.25) is 5.91 Å². The zero-order valence-corrected chi connectivity index (χ0v) is 19.7. The maximum atomic E-state index is 13.3. The van der Waals surface area contributed by atoms with Crippen molar-refractivity contribution in [3.05, 3.63) is 63.2 Å².